The van der Waals surface area contributed by atoms with Crippen molar-refractivity contribution in [2.24, 2.45) is 5.92 Å². The summed E-state index contributed by atoms with van der Waals surface area (Å²) in [4.78, 5) is 3.50. The van der Waals surface area contributed by atoms with Crippen molar-refractivity contribution in [1.82, 2.24) is 4.98 Å². The Kier molecular flexibility index (Phi) is 3.68. The van der Waals surface area contributed by atoms with Crippen LogP contribution in [0.15, 0.2) is 30.3 Å². The van der Waals surface area contributed by atoms with Gasteiger partial charge in [0.05, 0.1) is 0 Å². The van der Waals surface area contributed by atoms with Gasteiger partial charge in [-0.2, -0.15) is 0 Å². The van der Waals surface area contributed by atoms with Crippen molar-refractivity contribution in [2.45, 2.75) is 33.6 Å². The molecule has 0 unspecified atom stereocenters. The van der Waals surface area contributed by atoms with Gasteiger partial charge in [0.15, 0.2) is 0 Å². The summed E-state index contributed by atoms with van der Waals surface area (Å²) in [5.74, 6) is 0.723. The summed E-state index contributed by atoms with van der Waals surface area (Å²) in [5.41, 5.74) is 3.95. The van der Waals surface area contributed by atoms with Gasteiger partial charge in [0.2, 0.25) is 0 Å². The molecule has 17 heavy (non-hydrogen) atoms. The first kappa shape index (κ1) is 12.0. The molecule has 0 aliphatic carbocycles. The van der Waals surface area contributed by atoms with Gasteiger partial charge < -0.3 is 4.98 Å². The maximum Gasteiger partial charge on any atom is 0.0461 e. The van der Waals surface area contributed by atoms with E-state index in [9.17, 15) is 0 Å². The number of H-pyrrole nitrogens is 1. The van der Waals surface area contributed by atoms with Crippen LogP contribution >= 0.6 is 0 Å². The number of para-hydroxylation sites is 1. The Bertz CT molecular complexity index is 517. The number of aromatic nitrogens is 1. The topological polar surface area (TPSA) is 15.8 Å². The average Bonchev–Trinajstić information content (AvgIpc) is 2.66. The fourth-order valence-corrected chi connectivity index (χ4v) is 2.20. The molecule has 0 spiro atoms. The van der Waals surface area contributed by atoms with Crippen LogP contribution in [0.25, 0.3) is 17.0 Å². The lowest BCUT2D eigenvalue weighted by Gasteiger charge is -1.98. The molecule has 0 radical (unpaired) electrons. The maximum absolute atomic E-state index is 3.50. The Morgan fingerprint density at radius 1 is 1.24 bits per heavy atom. The minimum atomic E-state index is 0.723. The highest BCUT2D eigenvalue weighted by atomic mass is 14.7. The van der Waals surface area contributed by atoms with E-state index in [4.69, 9.17) is 0 Å². The number of fused-ring (bicyclic) bond motifs is 1. The van der Waals surface area contributed by atoms with Gasteiger partial charge in [-0.1, -0.05) is 45.0 Å². The molecule has 1 heterocycles. The molecule has 1 nitrogen and oxygen atoms in total. The fourth-order valence-electron chi connectivity index (χ4n) is 2.20. The largest absolute Gasteiger partial charge is 0.355 e. The summed E-state index contributed by atoms with van der Waals surface area (Å²) in [6.07, 6.45) is 6.72. The molecule has 1 aromatic carbocycles. The zero-order valence-electron chi connectivity index (χ0n) is 11.0. The van der Waals surface area contributed by atoms with E-state index in [1.165, 1.54) is 22.2 Å². The molecule has 1 heteroatoms. The quantitative estimate of drug-likeness (QED) is 0.773. The second kappa shape index (κ2) is 5.22. The van der Waals surface area contributed by atoms with E-state index >= 15 is 0 Å². The van der Waals surface area contributed by atoms with E-state index < -0.39 is 0 Å². The third kappa shape index (κ3) is 2.60. The summed E-state index contributed by atoms with van der Waals surface area (Å²) < 4.78 is 0. The normalized spacial score (nSPS) is 12.0. The second-order valence-electron chi connectivity index (χ2n) is 4.95. The number of hydrogen-bond acceptors (Lipinski definition) is 0. The molecular weight excluding hydrogens is 206 g/mol. The molecule has 0 saturated heterocycles. The Labute approximate surface area is 104 Å². The average molecular weight is 227 g/mol. The molecule has 0 bridgehead atoms. The minimum Gasteiger partial charge on any atom is -0.355 e. The van der Waals surface area contributed by atoms with Gasteiger partial charge in [0, 0.05) is 16.6 Å². The molecule has 0 saturated carbocycles. The highest BCUT2D eigenvalue weighted by molar-refractivity contribution is 5.87. The summed E-state index contributed by atoms with van der Waals surface area (Å²) in [7, 11) is 0. The van der Waals surface area contributed by atoms with Gasteiger partial charge in [-0.15, -0.1) is 0 Å². The standard InChI is InChI=1S/C16H21N/c1-4-13-14-9-5-6-10-16(14)17-15(13)11-7-8-12(2)3/h5-7,9-12,17H,4,8H2,1-3H3. The van der Waals surface area contributed by atoms with Crippen molar-refractivity contribution in [1.29, 1.82) is 0 Å². The Hall–Kier alpha value is -1.50. The van der Waals surface area contributed by atoms with Crippen LogP contribution in [-0.4, -0.2) is 4.98 Å². The molecule has 1 N–H and O–H groups in total. The van der Waals surface area contributed by atoms with Crippen LogP contribution < -0.4 is 0 Å². The van der Waals surface area contributed by atoms with Crippen molar-refractivity contribution in [3.05, 3.63) is 41.6 Å². The van der Waals surface area contributed by atoms with Gasteiger partial charge in [0.25, 0.3) is 0 Å². The van der Waals surface area contributed by atoms with Gasteiger partial charge in [0.1, 0.15) is 0 Å². The molecule has 90 valence electrons. The third-order valence-electron chi connectivity index (χ3n) is 3.09. The Balaban J connectivity index is 2.36. The number of aromatic amines is 1. The summed E-state index contributed by atoms with van der Waals surface area (Å²) in [5, 5.41) is 1.36. The number of allylic oxidation sites excluding steroid dienone is 1. The van der Waals surface area contributed by atoms with Crippen LogP contribution in [-0.2, 0) is 6.42 Å². The molecular formula is C16H21N. The number of nitrogens with one attached hydrogen (secondary N) is 1. The van der Waals surface area contributed by atoms with Crippen LogP contribution in [0.1, 0.15) is 38.4 Å². The van der Waals surface area contributed by atoms with Crippen LogP contribution in [0.5, 0.6) is 0 Å². The summed E-state index contributed by atoms with van der Waals surface area (Å²) in [6.45, 7) is 6.71. The maximum atomic E-state index is 3.50. The molecule has 0 atom stereocenters. The fraction of sp³-hybridized carbons (Fsp3) is 0.375. The monoisotopic (exact) mass is 227 g/mol. The number of hydrogen-bond donors (Lipinski definition) is 1. The first-order valence-corrected chi connectivity index (χ1v) is 6.48. The van der Waals surface area contributed by atoms with Gasteiger partial charge in [-0.25, -0.2) is 0 Å². The lowest BCUT2D eigenvalue weighted by Crippen LogP contribution is -1.84. The van der Waals surface area contributed by atoms with Crippen molar-refractivity contribution < 1.29 is 0 Å². The molecule has 0 fully saturated rings. The number of benzene rings is 1. The summed E-state index contributed by atoms with van der Waals surface area (Å²) >= 11 is 0. The first-order valence-electron chi connectivity index (χ1n) is 6.48. The van der Waals surface area contributed by atoms with E-state index in [0.29, 0.717) is 0 Å². The number of aryl methyl sites for hydroxylation is 1. The molecule has 1 aromatic heterocycles. The van der Waals surface area contributed by atoms with Crippen molar-refractivity contribution in [2.75, 3.05) is 0 Å². The van der Waals surface area contributed by atoms with E-state index in [-0.39, 0.29) is 0 Å². The highest BCUT2D eigenvalue weighted by Gasteiger charge is 2.06. The van der Waals surface area contributed by atoms with E-state index in [1.807, 2.05) is 0 Å². The predicted octanol–water partition coefficient (Wildman–Crippen LogP) is 4.79. The van der Waals surface area contributed by atoms with Crippen molar-refractivity contribution in [3.63, 3.8) is 0 Å². The van der Waals surface area contributed by atoms with Gasteiger partial charge in [-0.3, -0.25) is 0 Å². The lowest BCUT2D eigenvalue weighted by molar-refractivity contribution is 0.665. The predicted molar refractivity (Wildman–Crippen MR) is 76.2 cm³/mol. The molecule has 0 amide bonds. The SMILES string of the molecule is CCc1c(C=CCC(C)C)[nH]c2ccccc12. The van der Waals surface area contributed by atoms with Crippen LogP contribution in [0.3, 0.4) is 0 Å². The minimum absolute atomic E-state index is 0.723. The zero-order valence-corrected chi connectivity index (χ0v) is 11.0. The summed E-state index contributed by atoms with van der Waals surface area (Å²) in [6, 6.07) is 8.54. The Morgan fingerprint density at radius 2 is 2.00 bits per heavy atom. The van der Waals surface area contributed by atoms with Crippen LogP contribution in [0.4, 0.5) is 0 Å². The second-order valence-corrected chi connectivity index (χ2v) is 4.95. The van der Waals surface area contributed by atoms with Crippen molar-refractivity contribution in [3.8, 4) is 0 Å². The van der Waals surface area contributed by atoms with E-state index in [2.05, 4.69) is 62.2 Å². The van der Waals surface area contributed by atoms with E-state index in [0.717, 1.165) is 18.8 Å². The van der Waals surface area contributed by atoms with Crippen molar-refractivity contribution >= 4 is 17.0 Å². The Morgan fingerprint density at radius 3 is 2.71 bits per heavy atom. The molecule has 2 aromatic rings. The highest BCUT2D eigenvalue weighted by Crippen LogP contribution is 2.24. The third-order valence-corrected chi connectivity index (χ3v) is 3.09. The molecule has 2 rings (SSSR count). The van der Waals surface area contributed by atoms with Crippen LogP contribution in [0, 0.1) is 5.92 Å². The number of rotatable bonds is 4. The van der Waals surface area contributed by atoms with Gasteiger partial charge >= 0.3 is 0 Å². The molecule has 0 aliphatic rings. The van der Waals surface area contributed by atoms with Gasteiger partial charge in [-0.05, 0) is 36.5 Å². The van der Waals surface area contributed by atoms with E-state index in [1.54, 1.807) is 0 Å². The molecule has 0 aliphatic heterocycles. The first-order chi connectivity index (χ1) is 8.22. The lowest BCUT2D eigenvalue weighted by atomic mass is 10.1. The zero-order chi connectivity index (χ0) is 12.3. The smallest absolute Gasteiger partial charge is 0.0461 e. The van der Waals surface area contributed by atoms with Crippen LogP contribution in [0.2, 0.25) is 0 Å².